The minimum atomic E-state index is -4.37. The molecule has 1 aromatic heterocycles. The van der Waals surface area contributed by atoms with E-state index >= 15 is 0 Å². The Labute approximate surface area is 141 Å². The Morgan fingerprint density at radius 3 is 2.40 bits per heavy atom. The average Bonchev–Trinajstić information content (AvgIpc) is 3.07. The second-order valence-corrected chi connectivity index (χ2v) is 5.51. The highest BCUT2D eigenvalue weighted by Crippen LogP contribution is 2.32. The summed E-state index contributed by atoms with van der Waals surface area (Å²) in [7, 11) is 0. The Balaban J connectivity index is 1.81. The van der Waals surface area contributed by atoms with E-state index in [1.807, 2.05) is 18.2 Å². The van der Waals surface area contributed by atoms with Gasteiger partial charge in [-0.25, -0.2) is 0 Å². The summed E-state index contributed by atoms with van der Waals surface area (Å²) in [6.07, 6.45) is -3.24. The zero-order valence-electron chi connectivity index (χ0n) is 13.0. The highest BCUT2D eigenvalue weighted by Gasteiger charge is 2.30. The predicted molar refractivity (Wildman–Crippen MR) is 85.4 cm³/mol. The maximum Gasteiger partial charge on any atom is 0.416 e. The Morgan fingerprint density at radius 1 is 0.960 bits per heavy atom. The zero-order valence-corrected chi connectivity index (χ0v) is 13.0. The van der Waals surface area contributed by atoms with Gasteiger partial charge >= 0.3 is 6.18 Å². The highest BCUT2D eigenvalue weighted by molar-refractivity contribution is 5.65. The third-order valence-corrected chi connectivity index (χ3v) is 3.83. The summed E-state index contributed by atoms with van der Waals surface area (Å²) in [6.45, 7) is 0. The molecule has 25 heavy (non-hydrogen) atoms. The largest absolute Gasteiger partial charge is 0.416 e. The quantitative estimate of drug-likeness (QED) is 0.775. The van der Waals surface area contributed by atoms with Crippen LogP contribution in [0.25, 0.3) is 11.1 Å². The number of benzene rings is 2. The van der Waals surface area contributed by atoms with Gasteiger partial charge in [0.15, 0.2) is 5.69 Å². The third kappa shape index (κ3) is 3.86. The maximum absolute atomic E-state index is 12.9. The van der Waals surface area contributed by atoms with E-state index in [2.05, 4.69) is 15.4 Å². The van der Waals surface area contributed by atoms with Gasteiger partial charge in [0.1, 0.15) is 11.8 Å². The molecule has 0 unspecified atom stereocenters. The SMILES string of the molecule is N#Cc1n[nH]nc1CCc1cccc(-c2cccc(C(F)(F)F)c2)c1. The average molecular weight is 342 g/mol. The lowest BCUT2D eigenvalue weighted by atomic mass is 9.99. The predicted octanol–water partition coefficient (Wildman–Crippen LogP) is 4.15. The van der Waals surface area contributed by atoms with Crippen molar-refractivity contribution in [3.05, 3.63) is 71.0 Å². The van der Waals surface area contributed by atoms with E-state index < -0.39 is 11.7 Å². The van der Waals surface area contributed by atoms with Gasteiger partial charge in [0.05, 0.1) is 5.56 Å². The number of aromatic amines is 1. The summed E-state index contributed by atoms with van der Waals surface area (Å²) in [5.41, 5.74) is 2.33. The van der Waals surface area contributed by atoms with Crippen molar-refractivity contribution >= 4 is 0 Å². The van der Waals surface area contributed by atoms with Crippen molar-refractivity contribution in [2.45, 2.75) is 19.0 Å². The van der Waals surface area contributed by atoms with Crippen molar-refractivity contribution in [3.63, 3.8) is 0 Å². The summed E-state index contributed by atoms with van der Waals surface area (Å²) in [4.78, 5) is 0. The molecule has 3 aromatic rings. The molecule has 0 atom stereocenters. The fraction of sp³-hybridized carbons (Fsp3) is 0.167. The van der Waals surface area contributed by atoms with Crippen LogP contribution in [0.5, 0.6) is 0 Å². The molecule has 0 aliphatic carbocycles. The summed E-state index contributed by atoms with van der Waals surface area (Å²) in [5.74, 6) is 0. The van der Waals surface area contributed by atoms with Gasteiger partial charge in [-0.15, -0.1) is 5.10 Å². The smallest absolute Gasteiger partial charge is 0.196 e. The molecule has 0 bridgehead atoms. The number of nitrogens with zero attached hydrogens (tertiary/aromatic N) is 3. The number of alkyl halides is 3. The number of aryl methyl sites for hydroxylation is 2. The maximum atomic E-state index is 12.9. The molecule has 1 N–H and O–H groups in total. The minimum Gasteiger partial charge on any atom is -0.196 e. The van der Waals surface area contributed by atoms with E-state index in [1.54, 1.807) is 18.2 Å². The molecule has 7 heteroatoms. The molecule has 4 nitrogen and oxygen atoms in total. The summed E-state index contributed by atoms with van der Waals surface area (Å²) < 4.78 is 38.6. The van der Waals surface area contributed by atoms with E-state index in [-0.39, 0.29) is 5.69 Å². The Hall–Kier alpha value is -3.14. The highest BCUT2D eigenvalue weighted by atomic mass is 19.4. The molecule has 0 aliphatic heterocycles. The lowest BCUT2D eigenvalue weighted by Gasteiger charge is -2.10. The van der Waals surface area contributed by atoms with Crippen LogP contribution in [0.4, 0.5) is 13.2 Å². The summed E-state index contributed by atoms with van der Waals surface area (Å²) in [6, 6.07) is 14.5. The Morgan fingerprint density at radius 2 is 1.68 bits per heavy atom. The van der Waals surface area contributed by atoms with Gasteiger partial charge in [0.25, 0.3) is 0 Å². The van der Waals surface area contributed by atoms with Crippen molar-refractivity contribution in [1.82, 2.24) is 15.4 Å². The number of nitrogens with one attached hydrogen (secondary N) is 1. The number of hydrogen-bond donors (Lipinski definition) is 1. The van der Waals surface area contributed by atoms with Crippen molar-refractivity contribution in [3.8, 4) is 17.2 Å². The molecule has 0 aliphatic rings. The molecule has 1 heterocycles. The number of H-pyrrole nitrogens is 1. The molecular formula is C18H13F3N4. The van der Waals surface area contributed by atoms with E-state index in [0.717, 1.165) is 17.7 Å². The van der Waals surface area contributed by atoms with Crippen LogP contribution in [0.3, 0.4) is 0 Å². The molecule has 0 radical (unpaired) electrons. The van der Waals surface area contributed by atoms with E-state index in [0.29, 0.717) is 29.7 Å². The van der Waals surface area contributed by atoms with Gasteiger partial charge < -0.3 is 0 Å². The normalized spacial score (nSPS) is 11.3. The molecule has 126 valence electrons. The monoisotopic (exact) mass is 342 g/mol. The molecule has 0 fully saturated rings. The zero-order chi connectivity index (χ0) is 17.9. The van der Waals surface area contributed by atoms with Crippen LogP contribution in [0, 0.1) is 11.3 Å². The standard InChI is InChI=1S/C18H13F3N4/c19-18(20,21)15-6-2-5-14(10-15)13-4-1-3-12(9-13)7-8-16-17(11-22)24-25-23-16/h1-6,9-10H,7-8H2,(H,23,24,25). The first kappa shape index (κ1) is 16.7. The Bertz CT molecular complexity index is 922. The minimum absolute atomic E-state index is 0.258. The lowest BCUT2D eigenvalue weighted by Crippen LogP contribution is -2.04. The van der Waals surface area contributed by atoms with Crippen LogP contribution in [-0.2, 0) is 19.0 Å². The van der Waals surface area contributed by atoms with Crippen molar-refractivity contribution < 1.29 is 13.2 Å². The fourth-order valence-corrected chi connectivity index (χ4v) is 2.56. The molecule has 0 amide bonds. The molecule has 0 saturated heterocycles. The third-order valence-electron chi connectivity index (χ3n) is 3.83. The molecule has 0 spiro atoms. The first-order valence-electron chi connectivity index (χ1n) is 7.53. The second-order valence-electron chi connectivity index (χ2n) is 5.51. The van der Waals surface area contributed by atoms with E-state index in [1.165, 1.54) is 6.07 Å². The molecular weight excluding hydrogens is 329 g/mol. The van der Waals surface area contributed by atoms with Crippen molar-refractivity contribution in [2.75, 3.05) is 0 Å². The van der Waals surface area contributed by atoms with Gasteiger partial charge in [-0.1, -0.05) is 36.4 Å². The van der Waals surface area contributed by atoms with Crippen LogP contribution in [-0.4, -0.2) is 15.4 Å². The van der Waals surface area contributed by atoms with Crippen molar-refractivity contribution in [1.29, 1.82) is 5.26 Å². The van der Waals surface area contributed by atoms with E-state index in [4.69, 9.17) is 5.26 Å². The molecule has 3 rings (SSSR count). The number of rotatable bonds is 4. The first-order chi connectivity index (χ1) is 12.0. The first-order valence-corrected chi connectivity index (χ1v) is 7.53. The number of hydrogen-bond acceptors (Lipinski definition) is 3. The van der Waals surface area contributed by atoms with Crippen LogP contribution >= 0.6 is 0 Å². The van der Waals surface area contributed by atoms with Crippen molar-refractivity contribution in [2.24, 2.45) is 0 Å². The Kier molecular flexibility index (Phi) is 4.52. The van der Waals surface area contributed by atoms with Gasteiger partial charge in [-0.2, -0.15) is 28.7 Å². The van der Waals surface area contributed by atoms with Crippen LogP contribution in [0.2, 0.25) is 0 Å². The van der Waals surface area contributed by atoms with Gasteiger partial charge in [-0.05, 0) is 41.7 Å². The summed E-state index contributed by atoms with van der Waals surface area (Å²) in [5, 5.41) is 19.0. The number of halogens is 3. The summed E-state index contributed by atoms with van der Waals surface area (Å²) >= 11 is 0. The van der Waals surface area contributed by atoms with Crippen LogP contribution < -0.4 is 0 Å². The van der Waals surface area contributed by atoms with Gasteiger partial charge in [0.2, 0.25) is 0 Å². The number of nitriles is 1. The second kappa shape index (κ2) is 6.77. The van der Waals surface area contributed by atoms with Gasteiger partial charge in [-0.3, -0.25) is 0 Å². The van der Waals surface area contributed by atoms with E-state index in [9.17, 15) is 13.2 Å². The fourth-order valence-electron chi connectivity index (χ4n) is 2.56. The number of aromatic nitrogens is 3. The van der Waals surface area contributed by atoms with Crippen LogP contribution in [0.1, 0.15) is 22.5 Å². The lowest BCUT2D eigenvalue weighted by molar-refractivity contribution is -0.137. The molecule has 2 aromatic carbocycles. The van der Waals surface area contributed by atoms with Gasteiger partial charge in [0, 0.05) is 0 Å². The molecule has 0 saturated carbocycles. The van der Waals surface area contributed by atoms with Crippen LogP contribution in [0.15, 0.2) is 48.5 Å². The topological polar surface area (TPSA) is 65.4 Å².